The smallest absolute Gasteiger partial charge is 0.0639 e. The lowest BCUT2D eigenvalue weighted by Gasteiger charge is -2.37. The Labute approximate surface area is 75.6 Å². The van der Waals surface area contributed by atoms with Crippen LogP contribution in [0.2, 0.25) is 0 Å². The zero-order valence-corrected chi connectivity index (χ0v) is 8.45. The number of β-amino-alcohol motifs (C(OH)–C–C–N with tert-alkyl or cyclic N) is 1. The van der Waals surface area contributed by atoms with Crippen LogP contribution in [0.15, 0.2) is 0 Å². The molecule has 1 saturated heterocycles. The predicted molar refractivity (Wildman–Crippen MR) is 51.1 cm³/mol. The van der Waals surface area contributed by atoms with Gasteiger partial charge in [0.15, 0.2) is 0 Å². The summed E-state index contributed by atoms with van der Waals surface area (Å²) in [5.74, 6) is 0.866. The highest BCUT2D eigenvalue weighted by Crippen LogP contribution is 2.21. The van der Waals surface area contributed by atoms with Crippen LogP contribution in [-0.2, 0) is 0 Å². The monoisotopic (exact) mass is 171 g/mol. The van der Waals surface area contributed by atoms with E-state index in [-0.39, 0.29) is 6.10 Å². The molecule has 1 rings (SSSR count). The van der Waals surface area contributed by atoms with E-state index >= 15 is 0 Å². The highest BCUT2D eigenvalue weighted by Gasteiger charge is 2.23. The van der Waals surface area contributed by atoms with Gasteiger partial charge < -0.3 is 5.11 Å². The Morgan fingerprint density at radius 3 is 2.67 bits per heavy atom. The molecule has 72 valence electrons. The number of likely N-dealkylation sites (tertiary alicyclic amines) is 1. The molecule has 0 saturated carbocycles. The van der Waals surface area contributed by atoms with E-state index in [0.29, 0.717) is 6.04 Å². The Morgan fingerprint density at radius 1 is 1.50 bits per heavy atom. The summed E-state index contributed by atoms with van der Waals surface area (Å²) in [6.07, 6.45) is 2.39. The molecule has 2 heteroatoms. The minimum absolute atomic E-state index is 0.180. The molecule has 1 heterocycles. The molecule has 0 bridgehead atoms. The van der Waals surface area contributed by atoms with Gasteiger partial charge in [-0.2, -0.15) is 0 Å². The maximum absolute atomic E-state index is 9.25. The zero-order valence-electron chi connectivity index (χ0n) is 8.45. The quantitative estimate of drug-likeness (QED) is 0.680. The summed E-state index contributed by atoms with van der Waals surface area (Å²) in [7, 11) is 0. The zero-order chi connectivity index (χ0) is 9.14. The van der Waals surface area contributed by atoms with Crippen molar-refractivity contribution in [3.63, 3.8) is 0 Å². The molecule has 1 aliphatic heterocycles. The first-order valence-electron chi connectivity index (χ1n) is 5.01. The first-order chi connectivity index (χ1) is 5.59. The normalized spacial score (nSPS) is 35.0. The van der Waals surface area contributed by atoms with Crippen molar-refractivity contribution in [2.45, 2.75) is 45.8 Å². The standard InChI is InChI=1S/C10H21NO/c1-8-4-5-11(7-10(3)12)9(2)6-8/h8-10,12H,4-7H2,1-3H3. The second kappa shape index (κ2) is 4.24. The van der Waals surface area contributed by atoms with Crippen molar-refractivity contribution in [2.24, 2.45) is 5.92 Å². The highest BCUT2D eigenvalue weighted by molar-refractivity contribution is 4.77. The summed E-state index contributed by atoms with van der Waals surface area (Å²) >= 11 is 0. The van der Waals surface area contributed by atoms with E-state index in [1.807, 2.05) is 6.92 Å². The van der Waals surface area contributed by atoms with Crippen LogP contribution in [0.25, 0.3) is 0 Å². The van der Waals surface area contributed by atoms with Crippen LogP contribution in [0.1, 0.15) is 33.6 Å². The fraction of sp³-hybridized carbons (Fsp3) is 1.00. The van der Waals surface area contributed by atoms with Crippen LogP contribution < -0.4 is 0 Å². The minimum atomic E-state index is -0.180. The Balaban J connectivity index is 2.34. The molecule has 0 aliphatic carbocycles. The van der Waals surface area contributed by atoms with Crippen molar-refractivity contribution in [1.82, 2.24) is 4.90 Å². The molecule has 0 aromatic heterocycles. The molecule has 0 amide bonds. The van der Waals surface area contributed by atoms with Gasteiger partial charge in [-0.3, -0.25) is 4.90 Å². The summed E-state index contributed by atoms with van der Waals surface area (Å²) in [6.45, 7) is 8.44. The molecular formula is C10H21NO. The summed E-state index contributed by atoms with van der Waals surface area (Å²) in [5, 5.41) is 9.25. The largest absolute Gasteiger partial charge is 0.392 e. The van der Waals surface area contributed by atoms with Gasteiger partial charge >= 0.3 is 0 Å². The van der Waals surface area contributed by atoms with Gasteiger partial charge in [0.05, 0.1) is 6.10 Å². The van der Waals surface area contributed by atoms with Crippen molar-refractivity contribution in [3.05, 3.63) is 0 Å². The van der Waals surface area contributed by atoms with Gasteiger partial charge in [0.25, 0.3) is 0 Å². The van der Waals surface area contributed by atoms with Crippen LogP contribution in [0.3, 0.4) is 0 Å². The third kappa shape index (κ3) is 2.76. The van der Waals surface area contributed by atoms with Crippen LogP contribution in [0.5, 0.6) is 0 Å². The molecule has 1 N–H and O–H groups in total. The third-order valence-corrected chi connectivity index (χ3v) is 2.77. The number of nitrogens with zero attached hydrogens (tertiary/aromatic N) is 1. The Hall–Kier alpha value is -0.0800. The molecule has 12 heavy (non-hydrogen) atoms. The van der Waals surface area contributed by atoms with Gasteiger partial charge in [0.2, 0.25) is 0 Å². The molecule has 0 aromatic rings. The van der Waals surface area contributed by atoms with Crippen LogP contribution in [0.4, 0.5) is 0 Å². The average Bonchev–Trinajstić information content (AvgIpc) is 1.94. The van der Waals surface area contributed by atoms with Gasteiger partial charge in [-0.1, -0.05) is 6.92 Å². The fourth-order valence-electron chi connectivity index (χ4n) is 2.07. The van der Waals surface area contributed by atoms with E-state index in [9.17, 15) is 5.11 Å². The van der Waals surface area contributed by atoms with E-state index < -0.39 is 0 Å². The van der Waals surface area contributed by atoms with Gasteiger partial charge in [0.1, 0.15) is 0 Å². The van der Waals surface area contributed by atoms with E-state index in [1.54, 1.807) is 0 Å². The molecule has 2 nitrogen and oxygen atoms in total. The van der Waals surface area contributed by atoms with Crippen molar-refractivity contribution < 1.29 is 5.11 Å². The van der Waals surface area contributed by atoms with E-state index in [4.69, 9.17) is 0 Å². The first kappa shape index (κ1) is 10.0. The number of aliphatic hydroxyl groups is 1. The van der Waals surface area contributed by atoms with Gasteiger partial charge in [0, 0.05) is 12.6 Å². The average molecular weight is 171 g/mol. The Morgan fingerprint density at radius 2 is 2.17 bits per heavy atom. The summed E-state index contributed by atoms with van der Waals surface area (Å²) < 4.78 is 0. The van der Waals surface area contributed by atoms with Gasteiger partial charge in [-0.15, -0.1) is 0 Å². The maximum Gasteiger partial charge on any atom is 0.0639 e. The minimum Gasteiger partial charge on any atom is -0.392 e. The van der Waals surface area contributed by atoms with E-state index in [1.165, 1.54) is 12.8 Å². The Bertz CT molecular complexity index is 136. The summed E-state index contributed by atoms with van der Waals surface area (Å²) in [5.41, 5.74) is 0. The summed E-state index contributed by atoms with van der Waals surface area (Å²) in [4.78, 5) is 2.39. The molecule has 0 spiro atoms. The van der Waals surface area contributed by atoms with Crippen molar-refractivity contribution in [3.8, 4) is 0 Å². The second-order valence-electron chi connectivity index (χ2n) is 4.32. The van der Waals surface area contributed by atoms with Crippen molar-refractivity contribution in [1.29, 1.82) is 0 Å². The van der Waals surface area contributed by atoms with Crippen LogP contribution in [0, 0.1) is 5.92 Å². The lowest BCUT2D eigenvalue weighted by molar-refractivity contribution is 0.0687. The molecule has 3 atom stereocenters. The lowest BCUT2D eigenvalue weighted by atomic mass is 9.93. The van der Waals surface area contributed by atoms with Crippen molar-refractivity contribution >= 4 is 0 Å². The van der Waals surface area contributed by atoms with Crippen molar-refractivity contribution in [2.75, 3.05) is 13.1 Å². The number of hydrogen-bond acceptors (Lipinski definition) is 2. The van der Waals surface area contributed by atoms with E-state index in [0.717, 1.165) is 19.0 Å². The molecule has 0 radical (unpaired) electrons. The maximum atomic E-state index is 9.25. The van der Waals surface area contributed by atoms with Gasteiger partial charge in [-0.25, -0.2) is 0 Å². The molecular weight excluding hydrogens is 150 g/mol. The predicted octanol–water partition coefficient (Wildman–Crippen LogP) is 1.49. The highest BCUT2D eigenvalue weighted by atomic mass is 16.3. The topological polar surface area (TPSA) is 23.5 Å². The summed E-state index contributed by atoms with van der Waals surface area (Å²) in [6, 6.07) is 0.656. The Kier molecular flexibility index (Phi) is 3.53. The van der Waals surface area contributed by atoms with E-state index in [2.05, 4.69) is 18.7 Å². The number of rotatable bonds is 2. The molecule has 3 unspecified atom stereocenters. The molecule has 1 aliphatic rings. The third-order valence-electron chi connectivity index (χ3n) is 2.77. The molecule has 0 aromatic carbocycles. The number of hydrogen-bond donors (Lipinski definition) is 1. The first-order valence-corrected chi connectivity index (χ1v) is 5.01. The van der Waals surface area contributed by atoms with Crippen LogP contribution in [-0.4, -0.2) is 35.2 Å². The fourth-order valence-corrected chi connectivity index (χ4v) is 2.07. The van der Waals surface area contributed by atoms with Crippen LogP contribution >= 0.6 is 0 Å². The number of aliphatic hydroxyl groups excluding tert-OH is 1. The SMILES string of the molecule is CC(O)CN1CCC(C)CC1C. The number of piperidine rings is 1. The van der Waals surface area contributed by atoms with Gasteiger partial charge in [-0.05, 0) is 39.2 Å². The second-order valence-corrected chi connectivity index (χ2v) is 4.32. The lowest BCUT2D eigenvalue weighted by Crippen LogP contribution is -2.43. The molecule has 1 fully saturated rings.